The molecule has 1 amide bonds. The zero-order valence-electron chi connectivity index (χ0n) is 24.2. The molecule has 42 heavy (non-hydrogen) atoms. The minimum Gasteiger partial charge on any atom is -0.507 e. The Bertz CT molecular complexity index is 1720. The molecule has 0 radical (unpaired) electrons. The SMILES string of the molecule is C=CC(=O)N1C[C@H](C)N(c2nc(N3CC(N(C)C)C3)nc3c(F)c(-c4cc5ccccc5cc4O)c(Cl)cc23)C[C@H]1C. The zero-order chi connectivity index (χ0) is 29.9. The van der Waals surface area contributed by atoms with Crippen molar-refractivity contribution in [2.24, 2.45) is 0 Å². The second-order valence-electron chi connectivity index (χ2n) is 11.6. The number of carbonyl (C=O) groups is 1. The monoisotopic (exact) mass is 588 g/mol. The third-order valence-electron chi connectivity index (χ3n) is 8.58. The fourth-order valence-corrected chi connectivity index (χ4v) is 6.29. The average Bonchev–Trinajstić information content (AvgIpc) is 2.93. The third kappa shape index (κ3) is 4.70. The molecule has 0 unspecified atom stereocenters. The Labute approximate surface area is 249 Å². The van der Waals surface area contributed by atoms with Crippen LogP contribution >= 0.6 is 11.6 Å². The number of phenols is 1. The quantitative estimate of drug-likeness (QED) is 0.317. The molecule has 218 valence electrons. The number of fused-ring (bicyclic) bond motifs is 2. The van der Waals surface area contributed by atoms with Crippen molar-refractivity contribution in [2.45, 2.75) is 32.0 Å². The van der Waals surface area contributed by atoms with Crippen LogP contribution in [0.3, 0.4) is 0 Å². The average molecular weight is 589 g/mol. The third-order valence-corrected chi connectivity index (χ3v) is 8.87. The summed E-state index contributed by atoms with van der Waals surface area (Å²) in [7, 11) is 4.07. The normalized spacial score (nSPS) is 19.5. The zero-order valence-corrected chi connectivity index (χ0v) is 24.9. The summed E-state index contributed by atoms with van der Waals surface area (Å²) >= 11 is 6.82. The van der Waals surface area contributed by atoms with Gasteiger partial charge in [-0.3, -0.25) is 4.79 Å². The first kappa shape index (κ1) is 28.2. The van der Waals surface area contributed by atoms with Gasteiger partial charge in [-0.15, -0.1) is 0 Å². The van der Waals surface area contributed by atoms with E-state index in [1.165, 1.54) is 6.08 Å². The van der Waals surface area contributed by atoms with Crippen molar-refractivity contribution in [3.05, 3.63) is 66.0 Å². The number of piperazine rings is 1. The smallest absolute Gasteiger partial charge is 0.246 e. The van der Waals surface area contributed by atoms with Crippen molar-refractivity contribution in [1.29, 1.82) is 0 Å². The maximum Gasteiger partial charge on any atom is 0.246 e. The highest BCUT2D eigenvalue weighted by Crippen LogP contribution is 2.43. The maximum atomic E-state index is 16.7. The predicted molar refractivity (Wildman–Crippen MR) is 167 cm³/mol. The van der Waals surface area contributed by atoms with E-state index in [1.54, 1.807) is 23.1 Å². The van der Waals surface area contributed by atoms with Gasteiger partial charge in [0.1, 0.15) is 17.1 Å². The van der Waals surface area contributed by atoms with Crippen LogP contribution in [0.1, 0.15) is 13.8 Å². The van der Waals surface area contributed by atoms with E-state index >= 15 is 4.39 Å². The summed E-state index contributed by atoms with van der Waals surface area (Å²) in [4.78, 5) is 30.3. The Balaban J connectivity index is 1.52. The first-order valence-electron chi connectivity index (χ1n) is 14.1. The van der Waals surface area contributed by atoms with E-state index in [0.717, 1.165) is 23.9 Å². The Morgan fingerprint density at radius 2 is 1.76 bits per heavy atom. The number of hydrogen-bond acceptors (Lipinski definition) is 7. The van der Waals surface area contributed by atoms with Gasteiger partial charge in [-0.2, -0.15) is 4.98 Å². The van der Waals surface area contributed by atoms with Gasteiger partial charge in [-0.05, 0) is 63.0 Å². The van der Waals surface area contributed by atoms with E-state index in [-0.39, 0.29) is 39.8 Å². The van der Waals surface area contributed by atoms with Crippen LogP contribution in [0.5, 0.6) is 5.75 Å². The van der Waals surface area contributed by atoms with Crippen LogP contribution in [-0.4, -0.2) is 89.2 Å². The lowest BCUT2D eigenvalue weighted by atomic mass is 9.98. The van der Waals surface area contributed by atoms with E-state index in [2.05, 4.69) is 16.4 Å². The lowest BCUT2D eigenvalue weighted by Gasteiger charge is -2.45. The Hall–Kier alpha value is -3.95. The molecule has 1 aromatic heterocycles. The van der Waals surface area contributed by atoms with E-state index in [1.807, 2.05) is 57.1 Å². The number of hydrogen-bond donors (Lipinski definition) is 1. The molecular formula is C32H34ClFN6O2. The van der Waals surface area contributed by atoms with Crippen LogP contribution in [0.2, 0.25) is 5.02 Å². The highest BCUT2D eigenvalue weighted by molar-refractivity contribution is 6.34. The number of benzene rings is 3. The first-order chi connectivity index (χ1) is 20.1. The summed E-state index contributed by atoms with van der Waals surface area (Å²) in [6.45, 7) is 10.1. The molecule has 0 spiro atoms. The summed E-state index contributed by atoms with van der Waals surface area (Å²) in [6.07, 6.45) is 1.33. The number of nitrogens with zero attached hydrogens (tertiary/aromatic N) is 6. The van der Waals surface area contributed by atoms with E-state index in [4.69, 9.17) is 21.6 Å². The number of amides is 1. The molecule has 0 saturated carbocycles. The Kier molecular flexibility index (Phi) is 7.19. The summed E-state index contributed by atoms with van der Waals surface area (Å²) in [5, 5.41) is 13.3. The Morgan fingerprint density at radius 3 is 2.43 bits per heavy atom. The molecule has 3 heterocycles. The minimum absolute atomic E-state index is 0.0645. The number of halogens is 2. The molecule has 0 aliphatic carbocycles. The fraction of sp³-hybridized carbons (Fsp3) is 0.344. The van der Waals surface area contributed by atoms with Crippen LogP contribution in [0.25, 0.3) is 32.8 Å². The number of likely N-dealkylation sites (N-methyl/N-ethyl adjacent to an activating group) is 1. The van der Waals surface area contributed by atoms with Crippen molar-refractivity contribution in [1.82, 2.24) is 19.8 Å². The van der Waals surface area contributed by atoms with Crippen molar-refractivity contribution in [2.75, 3.05) is 50.1 Å². The van der Waals surface area contributed by atoms with Crippen LogP contribution in [0.15, 0.2) is 55.1 Å². The van der Waals surface area contributed by atoms with Gasteiger partial charge in [0.25, 0.3) is 0 Å². The largest absolute Gasteiger partial charge is 0.507 e. The van der Waals surface area contributed by atoms with Crippen LogP contribution in [-0.2, 0) is 4.79 Å². The molecule has 2 fully saturated rings. The molecule has 2 atom stereocenters. The van der Waals surface area contributed by atoms with Crippen molar-refractivity contribution >= 4 is 50.9 Å². The van der Waals surface area contributed by atoms with E-state index in [0.29, 0.717) is 41.8 Å². The summed E-state index contributed by atoms with van der Waals surface area (Å²) in [5.74, 6) is 0.217. The minimum atomic E-state index is -0.612. The highest BCUT2D eigenvalue weighted by atomic mass is 35.5. The molecule has 1 N–H and O–H groups in total. The van der Waals surface area contributed by atoms with Gasteiger partial charge in [0, 0.05) is 60.8 Å². The lowest BCUT2D eigenvalue weighted by Crippen LogP contribution is -2.59. The molecule has 6 rings (SSSR count). The standard InChI is InChI=1S/C32H34ClFN6O2/c1-6-27(42)39-14-19(3)40(15-18(39)2)31-24-13-25(33)28(23-11-20-9-7-8-10-21(20)12-26(23)41)29(34)30(24)35-32(36-31)38-16-22(17-38)37(4)5/h6-13,18-19,22,41H,1,14-17H2,2-5H3/t18-,19+/m1/s1. The molecule has 10 heteroatoms. The van der Waals surface area contributed by atoms with Crippen LogP contribution in [0, 0.1) is 5.82 Å². The number of phenolic OH excluding ortho intramolecular Hbond substituents is 1. The molecule has 4 aromatic rings. The molecule has 2 saturated heterocycles. The predicted octanol–water partition coefficient (Wildman–Crippen LogP) is 5.31. The fourth-order valence-electron chi connectivity index (χ4n) is 6.00. The van der Waals surface area contributed by atoms with E-state index < -0.39 is 5.82 Å². The van der Waals surface area contributed by atoms with E-state index in [9.17, 15) is 9.90 Å². The van der Waals surface area contributed by atoms with Gasteiger partial charge in [-0.25, -0.2) is 9.37 Å². The molecular weight excluding hydrogens is 555 g/mol. The number of anilines is 2. The summed E-state index contributed by atoms with van der Waals surface area (Å²) in [5.41, 5.74) is 0.537. The maximum absolute atomic E-state index is 16.7. The second kappa shape index (κ2) is 10.7. The van der Waals surface area contributed by atoms with Crippen molar-refractivity contribution < 1.29 is 14.3 Å². The highest BCUT2D eigenvalue weighted by Gasteiger charge is 2.36. The first-order valence-corrected chi connectivity index (χ1v) is 14.5. The van der Waals surface area contributed by atoms with Crippen molar-refractivity contribution in [3.8, 4) is 16.9 Å². The van der Waals surface area contributed by atoms with Gasteiger partial charge < -0.3 is 24.7 Å². The van der Waals surface area contributed by atoms with Gasteiger partial charge in [-0.1, -0.05) is 42.4 Å². The van der Waals surface area contributed by atoms with Gasteiger partial charge in [0.15, 0.2) is 5.82 Å². The summed E-state index contributed by atoms with van der Waals surface area (Å²) in [6, 6.07) is 12.8. The number of aromatic nitrogens is 2. The Morgan fingerprint density at radius 1 is 1.07 bits per heavy atom. The number of aromatic hydroxyl groups is 1. The molecule has 8 nitrogen and oxygen atoms in total. The van der Waals surface area contributed by atoms with Crippen LogP contribution in [0.4, 0.5) is 16.2 Å². The van der Waals surface area contributed by atoms with Gasteiger partial charge in [0.05, 0.1) is 5.02 Å². The second-order valence-corrected chi connectivity index (χ2v) is 12.0. The van der Waals surface area contributed by atoms with Crippen LogP contribution < -0.4 is 9.80 Å². The molecule has 0 bridgehead atoms. The number of rotatable bonds is 5. The number of carbonyl (C=O) groups excluding carboxylic acids is 1. The van der Waals surface area contributed by atoms with Crippen molar-refractivity contribution in [3.63, 3.8) is 0 Å². The molecule has 2 aliphatic heterocycles. The summed E-state index contributed by atoms with van der Waals surface area (Å²) < 4.78 is 16.7. The molecule has 3 aromatic carbocycles. The molecule has 2 aliphatic rings. The van der Waals surface area contributed by atoms with Gasteiger partial charge >= 0.3 is 0 Å². The topological polar surface area (TPSA) is 76.0 Å². The lowest BCUT2D eigenvalue weighted by molar-refractivity contribution is -0.128. The van der Waals surface area contributed by atoms with Gasteiger partial charge in [0.2, 0.25) is 11.9 Å².